The Morgan fingerprint density at radius 1 is 1.33 bits per heavy atom. The maximum absolute atomic E-state index is 10.7. The van der Waals surface area contributed by atoms with Gasteiger partial charge in [0.1, 0.15) is 5.75 Å². The lowest BCUT2D eigenvalue weighted by atomic mass is 9.90. The average Bonchev–Trinajstić information content (AvgIpc) is 2.38. The van der Waals surface area contributed by atoms with Crippen molar-refractivity contribution in [3.8, 4) is 5.75 Å². The summed E-state index contributed by atoms with van der Waals surface area (Å²) in [5.41, 5.74) is 5.77. The number of anilines is 1. The zero-order chi connectivity index (χ0) is 13.0. The van der Waals surface area contributed by atoms with Crippen LogP contribution >= 0.6 is 0 Å². The molecule has 0 radical (unpaired) electrons. The zero-order valence-corrected chi connectivity index (χ0v) is 10.3. The normalized spacial score (nSPS) is 16.4. The molecule has 0 bridgehead atoms. The van der Waals surface area contributed by atoms with E-state index in [4.69, 9.17) is 10.5 Å². The minimum atomic E-state index is -0.483. The average molecular weight is 250 g/mol. The van der Waals surface area contributed by atoms with Gasteiger partial charge in [0.05, 0.1) is 11.5 Å². The van der Waals surface area contributed by atoms with E-state index >= 15 is 0 Å². The number of benzene rings is 1. The highest BCUT2D eigenvalue weighted by Gasteiger charge is 2.18. The first-order chi connectivity index (χ1) is 8.68. The predicted molar refractivity (Wildman–Crippen MR) is 69.6 cm³/mol. The summed E-state index contributed by atoms with van der Waals surface area (Å²) < 4.78 is 5.64. The molecule has 1 aromatic carbocycles. The third-order valence-electron chi connectivity index (χ3n) is 3.44. The second kappa shape index (κ2) is 5.71. The zero-order valence-electron chi connectivity index (χ0n) is 10.3. The number of ether oxygens (including phenoxy) is 1. The monoisotopic (exact) mass is 250 g/mol. The van der Waals surface area contributed by atoms with Crippen LogP contribution in [-0.2, 0) is 0 Å². The van der Waals surface area contributed by atoms with Crippen molar-refractivity contribution in [2.24, 2.45) is 5.92 Å². The molecule has 1 aromatic rings. The van der Waals surface area contributed by atoms with Crippen LogP contribution in [0, 0.1) is 16.0 Å². The molecule has 5 heteroatoms. The number of hydrogen-bond acceptors (Lipinski definition) is 4. The molecule has 2 rings (SSSR count). The van der Waals surface area contributed by atoms with Gasteiger partial charge >= 0.3 is 0 Å². The van der Waals surface area contributed by atoms with E-state index in [1.807, 2.05) is 0 Å². The van der Waals surface area contributed by atoms with E-state index in [-0.39, 0.29) is 11.4 Å². The molecule has 1 saturated carbocycles. The number of rotatable bonds is 4. The molecule has 1 aliphatic rings. The Kier molecular flexibility index (Phi) is 4.02. The van der Waals surface area contributed by atoms with Gasteiger partial charge in [-0.05, 0) is 24.8 Å². The van der Waals surface area contributed by atoms with Crippen LogP contribution in [0.5, 0.6) is 5.75 Å². The van der Waals surface area contributed by atoms with Crippen LogP contribution in [0.1, 0.15) is 32.1 Å². The number of nitrogens with two attached hydrogens (primary N) is 1. The molecule has 2 N–H and O–H groups in total. The van der Waals surface area contributed by atoms with Gasteiger partial charge in [0.25, 0.3) is 5.69 Å². The SMILES string of the molecule is Nc1c(OCC2CCCCC2)cccc1[N+](=O)[O-]. The smallest absolute Gasteiger partial charge is 0.295 e. The maximum atomic E-state index is 10.7. The fraction of sp³-hybridized carbons (Fsp3) is 0.538. The Morgan fingerprint density at radius 3 is 2.72 bits per heavy atom. The van der Waals surface area contributed by atoms with Crippen molar-refractivity contribution < 1.29 is 9.66 Å². The van der Waals surface area contributed by atoms with E-state index < -0.39 is 4.92 Å². The lowest BCUT2D eigenvalue weighted by Gasteiger charge is -2.21. The summed E-state index contributed by atoms with van der Waals surface area (Å²) in [5, 5.41) is 10.7. The summed E-state index contributed by atoms with van der Waals surface area (Å²) in [5.74, 6) is 0.979. The van der Waals surface area contributed by atoms with Gasteiger partial charge in [-0.15, -0.1) is 0 Å². The van der Waals surface area contributed by atoms with E-state index in [1.165, 1.54) is 38.2 Å². The molecule has 0 atom stereocenters. The van der Waals surface area contributed by atoms with E-state index in [1.54, 1.807) is 12.1 Å². The molecule has 0 aliphatic heterocycles. The Labute approximate surface area is 106 Å². The molecule has 0 amide bonds. The van der Waals surface area contributed by atoms with E-state index in [2.05, 4.69) is 0 Å². The topological polar surface area (TPSA) is 78.4 Å². The quantitative estimate of drug-likeness (QED) is 0.506. The fourth-order valence-corrected chi connectivity index (χ4v) is 2.38. The van der Waals surface area contributed by atoms with Gasteiger partial charge in [0.15, 0.2) is 5.69 Å². The second-order valence-electron chi connectivity index (χ2n) is 4.76. The summed E-state index contributed by atoms with van der Waals surface area (Å²) >= 11 is 0. The fourth-order valence-electron chi connectivity index (χ4n) is 2.38. The molecular formula is C13H18N2O3. The predicted octanol–water partition coefficient (Wildman–Crippen LogP) is 3.14. The third kappa shape index (κ3) is 2.91. The minimum absolute atomic E-state index is 0.0869. The summed E-state index contributed by atoms with van der Waals surface area (Å²) in [6.07, 6.45) is 6.15. The van der Waals surface area contributed by atoms with Crippen molar-refractivity contribution in [1.29, 1.82) is 0 Å². The van der Waals surface area contributed by atoms with Crippen molar-refractivity contribution in [2.45, 2.75) is 32.1 Å². The first kappa shape index (κ1) is 12.7. The highest BCUT2D eigenvalue weighted by atomic mass is 16.6. The molecule has 5 nitrogen and oxygen atoms in total. The van der Waals surface area contributed by atoms with Gasteiger partial charge in [0.2, 0.25) is 0 Å². The van der Waals surface area contributed by atoms with E-state index in [0.717, 1.165) is 0 Å². The molecule has 1 fully saturated rings. The van der Waals surface area contributed by atoms with Gasteiger partial charge in [-0.1, -0.05) is 25.3 Å². The van der Waals surface area contributed by atoms with Crippen LogP contribution in [0.15, 0.2) is 18.2 Å². The summed E-state index contributed by atoms with van der Waals surface area (Å²) in [4.78, 5) is 10.3. The second-order valence-corrected chi connectivity index (χ2v) is 4.76. The maximum Gasteiger partial charge on any atom is 0.295 e. The largest absolute Gasteiger partial charge is 0.491 e. The van der Waals surface area contributed by atoms with Gasteiger partial charge in [-0.25, -0.2) is 0 Å². The summed E-state index contributed by atoms with van der Waals surface area (Å²) in [6, 6.07) is 4.68. The van der Waals surface area contributed by atoms with Gasteiger partial charge in [-0.2, -0.15) is 0 Å². The number of nitro groups is 1. The summed E-state index contributed by atoms with van der Waals surface area (Å²) in [6.45, 7) is 0.603. The van der Waals surface area contributed by atoms with Crippen LogP contribution in [0.25, 0.3) is 0 Å². The molecule has 0 unspecified atom stereocenters. The van der Waals surface area contributed by atoms with Gasteiger partial charge in [-0.3, -0.25) is 10.1 Å². The lowest BCUT2D eigenvalue weighted by Crippen LogP contribution is -2.15. The van der Waals surface area contributed by atoms with Crippen LogP contribution < -0.4 is 10.5 Å². The Morgan fingerprint density at radius 2 is 2.06 bits per heavy atom. The van der Waals surface area contributed by atoms with Crippen LogP contribution in [0.2, 0.25) is 0 Å². The minimum Gasteiger partial charge on any atom is -0.491 e. The molecule has 18 heavy (non-hydrogen) atoms. The molecule has 0 aromatic heterocycles. The molecule has 0 saturated heterocycles. The van der Waals surface area contributed by atoms with Crippen LogP contribution in [-0.4, -0.2) is 11.5 Å². The van der Waals surface area contributed by atoms with E-state index in [9.17, 15) is 10.1 Å². The van der Waals surface area contributed by atoms with Crippen molar-refractivity contribution in [2.75, 3.05) is 12.3 Å². The van der Waals surface area contributed by atoms with E-state index in [0.29, 0.717) is 18.3 Å². The molecular weight excluding hydrogens is 232 g/mol. The highest BCUT2D eigenvalue weighted by Crippen LogP contribution is 2.32. The number of nitro benzene ring substituents is 1. The Hall–Kier alpha value is -1.78. The molecule has 0 spiro atoms. The standard InChI is InChI=1S/C13H18N2O3/c14-13-11(15(16)17)7-4-8-12(13)18-9-10-5-2-1-3-6-10/h4,7-8,10H,1-3,5-6,9,14H2. The first-order valence-corrected chi connectivity index (χ1v) is 6.34. The highest BCUT2D eigenvalue weighted by molar-refractivity contribution is 5.66. The lowest BCUT2D eigenvalue weighted by molar-refractivity contribution is -0.384. The molecule has 0 heterocycles. The molecule has 1 aliphatic carbocycles. The van der Waals surface area contributed by atoms with Gasteiger partial charge in [0, 0.05) is 6.07 Å². The van der Waals surface area contributed by atoms with Crippen LogP contribution in [0.3, 0.4) is 0 Å². The number of nitrogens with zero attached hydrogens (tertiary/aromatic N) is 1. The number of hydrogen-bond donors (Lipinski definition) is 1. The molecule has 98 valence electrons. The Balaban J connectivity index is 2.00. The first-order valence-electron chi connectivity index (χ1n) is 6.34. The van der Waals surface area contributed by atoms with Crippen molar-refractivity contribution in [3.63, 3.8) is 0 Å². The van der Waals surface area contributed by atoms with Crippen molar-refractivity contribution in [3.05, 3.63) is 28.3 Å². The third-order valence-corrected chi connectivity index (χ3v) is 3.44. The van der Waals surface area contributed by atoms with Gasteiger partial charge < -0.3 is 10.5 Å². The van der Waals surface area contributed by atoms with Crippen molar-refractivity contribution >= 4 is 11.4 Å². The summed E-state index contributed by atoms with van der Waals surface area (Å²) in [7, 11) is 0. The van der Waals surface area contributed by atoms with Crippen molar-refractivity contribution in [1.82, 2.24) is 0 Å². The number of nitrogen functional groups attached to an aromatic ring is 1. The Bertz CT molecular complexity index is 428. The number of para-hydroxylation sites is 1. The van der Waals surface area contributed by atoms with Crippen LogP contribution in [0.4, 0.5) is 11.4 Å².